The molecule has 1 atom stereocenters. The van der Waals surface area contributed by atoms with Crippen LogP contribution < -0.4 is 10.5 Å². The Hall–Kier alpha value is -2.61. The first kappa shape index (κ1) is 16.3. The largest absolute Gasteiger partial charge is 0.481 e. The first-order valence-electron chi connectivity index (χ1n) is 7.36. The van der Waals surface area contributed by atoms with E-state index in [9.17, 15) is 9.59 Å². The molecule has 1 aromatic heterocycles. The summed E-state index contributed by atoms with van der Waals surface area (Å²) in [5.74, 6) is -0.207. The molecule has 0 saturated carbocycles. The van der Waals surface area contributed by atoms with Crippen molar-refractivity contribution in [3.8, 4) is 5.75 Å². The molecule has 1 saturated heterocycles. The maximum absolute atomic E-state index is 12.4. The number of nitrogens with zero attached hydrogens (tertiary/aromatic N) is 4. The summed E-state index contributed by atoms with van der Waals surface area (Å²) >= 11 is 5.90. The molecule has 1 fully saturated rings. The zero-order valence-electron chi connectivity index (χ0n) is 12.9. The van der Waals surface area contributed by atoms with Gasteiger partial charge in [-0.2, -0.15) is 0 Å². The van der Waals surface area contributed by atoms with Gasteiger partial charge in [0.2, 0.25) is 0 Å². The summed E-state index contributed by atoms with van der Waals surface area (Å²) in [4.78, 5) is 25.0. The fourth-order valence-corrected chi connectivity index (χ4v) is 2.60. The number of ether oxygens (including phenoxy) is 1. The van der Waals surface area contributed by atoms with E-state index in [1.807, 2.05) is 0 Å². The molecule has 1 aromatic carbocycles. The third-order valence-electron chi connectivity index (χ3n) is 3.77. The summed E-state index contributed by atoms with van der Waals surface area (Å²) in [6.45, 7) is 2.64. The smallest absolute Gasteiger partial charge is 0.270 e. The van der Waals surface area contributed by atoms with Gasteiger partial charge in [-0.15, -0.1) is 5.10 Å². The van der Waals surface area contributed by atoms with Crippen LogP contribution in [-0.2, 0) is 4.79 Å². The molecule has 8 nitrogen and oxygen atoms in total. The van der Waals surface area contributed by atoms with E-state index in [2.05, 4.69) is 10.3 Å². The van der Waals surface area contributed by atoms with Gasteiger partial charge in [0.25, 0.3) is 11.8 Å². The molecule has 1 aliphatic rings. The van der Waals surface area contributed by atoms with E-state index in [0.29, 0.717) is 23.9 Å². The van der Waals surface area contributed by atoms with Gasteiger partial charge in [0.1, 0.15) is 5.75 Å². The van der Waals surface area contributed by atoms with Crippen molar-refractivity contribution in [3.63, 3.8) is 0 Å². The minimum Gasteiger partial charge on any atom is -0.481 e. The Morgan fingerprint density at radius 1 is 1.42 bits per heavy atom. The van der Waals surface area contributed by atoms with Gasteiger partial charge in [0.05, 0.1) is 12.2 Å². The number of nitrogens with two attached hydrogens (primary N) is 1. The van der Waals surface area contributed by atoms with E-state index in [1.54, 1.807) is 40.8 Å². The van der Waals surface area contributed by atoms with Crippen molar-refractivity contribution in [3.05, 3.63) is 41.2 Å². The Bertz CT molecular complexity index is 772. The molecule has 2 aromatic rings. The van der Waals surface area contributed by atoms with Crippen LogP contribution in [0.2, 0.25) is 5.02 Å². The van der Waals surface area contributed by atoms with Crippen LogP contribution in [0.15, 0.2) is 30.5 Å². The van der Waals surface area contributed by atoms with E-state index in [-0.39, 0.29) is 17.6 Å². The Morgan fingerprint density at radius 2 is 2.17 bits per heavy atom. The van der Waals surface area contributed by atoms with Crippen LogP contribution >= 0.6 is 11.6 Å². The zero-order chi connectivity index (χ0) is 17.3. The normalized spacial score (nSPS) is 15.7. The second-order valence-corrected chi connectivity index (χ2v) is 6.00. The molecule has 0 aliphatic carbocycles. The lowest BCUT2D eigenvalue weighted by atomic mass is 10.1. The summed E-state index contributed by atoms with van der Waals surface area (Å²) in [5.41, 5.74) is 5.25. The minimum absolute atomic E-state index is 0.0204. The summed E-state index contributed by atoms with van der Waals surface area (Å²) in [5, 5.41) is 8.09. The van der Waals surface area contributed by atoms with Gasteiger partial charge < -0.3 is 15.4 Å². The van der Waals surface area contributed by atoms with E-state index >= 15 is 0 Å². The van der Waals surface area contributed by atoms with Crippen molar-refractivity contribution in [2.75, 3.05) is 13.1 Å². The first-order valence-corrected chi connectivity index (χ1v) is 7.74. The van der Waals surface area contributed by atoms with Crippen LogP contribution in [0, 0.1) is 0 Å². The van der Waals surface area contributed by atoms with E-state index in [1.165, 1.54) is 6.20 Å². The Labute approximate surface area is 143 Å². The van der Waals surface area contributed by atoms with Gasteiger partial charge in [-0.1, -0.05) is 22.9 Å². The van der Waals surface area contributed by atoms with E-state index < -0.39 is 12.0 Å². The number of primary amides is 1. The van der Waals surface area contributed by atoms with Crippen LogP contribution in [0.4, 0.5) is 0 Å². The van der Waals surface area contributed by atoms with Gasteiger partial charge in [-0.25, -0.2) is 4.68 Å². The molecule has 2 N–H and O–H groups in total. The molecular weight excluding hydrogens is 334 g/mol. The number of carbonyl (C=O) groups is 2. The maximum Gasteiger partial charge on any atom is 0.270 e. The van der Waals surface area contributed by atoms with Crippen LogP contribution in [0.25, 0.3) is 0 Å². The highest BCUT2D eigenvalue weighted by atomic mass is 35.5. The number of hydrogen-bond acceptors (Lipinski definition) is 5. The highest BCUT2D eigenvalue weighted by molar-refractivity contribution is 6.30. The maximum atomic E-state index is 12.4. The lowest BCUT2D eigenvalue weighted by molar-refractivity contribution is -0.144. The molecule has 0 bridgehead atoms. The van der Waals surface area contributed by atoms with Crippen molar-refractivity contribution >= 4 is 23.4 Å². The number of benzene rings is 1. The fourth-order valence-electron chi connectivity index (χ4n) is 2.42. The summed E-state index contributed by atoms with van der Waals surface area (Å²) < 4.78 is 7.17. The lowest BCUT2D eigenvalue weighted by Crippen LogP contribution is -2.54. The number of likely N-dealkylation sites (tertiary alicyclic amines) is 1. The first-order chi connectivity index (χ1) is 11.4. The highest BCUT2D eigenvalue weighted by Gasteiger charge is 2.35. The zero-order valence-corrected chi connectivity index (χ0v) is 13.7. The average molecular weight is 350 g/mol. The van der Waals surface area contributed by atoms with Crippen molar-refractivity contribution in [1.29, 1.82) is 0 Å². The molecule has 9 heteroatoms. The van der Waals surface area contributed by atoms with Gasteiger partial charge in [-0.05, 0) is 25.1 Å². The molecule has 0 spiro atoms. The van der Waals surface area contributed by atoms with Gasteiger partial charge in [-0.3, -0.25) is 9.59 Å². The molecular formula is C15H16ClN5O3. The van der Waals surface area contributed by atoms with Crippen molar-refractivity contribution in [2.45, 2.75) is 19.1 Å². The Kier molecular flexibility index (Phi) is 4.39. The lowest BCUT2D eigenvalue weighted by Gasteiger charge is -2.40. The predicted molar refractivity (Wildman–Crippen MR) is 85.7 cm³/mol. The van der Waals surface area contributed by atoms with Crippen LogP contribution in [0.3, 0.4) is 0 Å². The third kappa shape index (κ3) is 3.33. The summed E-state index contributed by atoms with van der Waals surface area (Å²) in [6, 6.07) is 6.88. The molecule has 1 aliphatic heterocycles. The third-order valence-corrected chi connectivity index (χ3v) is 4.00. The number of hydrogen-bond donors (Lipinski definition) is 1. The second kappa shape index (κ2) is 6.48. The summed E-state index contributed by atoms with van der Waals surface area (Å²) in [7, 11) is 0. The molecule has 3 rings (SSSR count). The monoisotopic (exact) mass is 349 g/mol. The van der Waals surface area contributed by atoms with Gasteiger partial charge in [0.15, 0.2) is 11.8 Å². The SMILES string of the molecule is CC(Oc1cccc(Cl)c1)C(=O)N1CC(n2cc(C(N)=O)nn2)C1. The molecule has 0 radical (unpaired) electrons. The van der Waals surface area contributed by atoms with Gasteiger partial charge in [0, 0.05) is 18.1 Å². The van der Waals surface area contributed by atoms with E-state index in [4.69, 9.17) is 22.1 Å². The number of amides is 2. The molecule has 2 amide bonds. The quantitative estimate of drug-likeness (QED) is 0.863. The summed E-state index contributed by atoms with van der Waals surface area (Å²) in [6.07, 6.45) is 0.863. The second-order valence-electron chi connectivity index (χ2n) is 5.56. The Balaban J connectivity index is 1.54. The van der Waals surface area contributed by atoms with Crippen molar-refractivity contribution in [2.24, 2.45) is 5.73 Å². The number of aromatic nitrogens is 3. The molecule has 1 unspecified atom stereocenters. The number of halogens is 1. The van der Waals surface area contributed by atoms with Gasteiger partial charge >= 0.3 is 0 Å². The van der Waals surface area contributed by atoms with Crippen LogP contribution in [-0.4, -0.2) is 50.9 Å². The molecule has 24 heavy (non-hydrogen) atoms. The highest BCUT2D eigenvalue weighted by Crippen LogP contribution is 2.23. The molecule has 2 heterocycles. The number of rotatable bonds is 5. The van der Waals surface area contributed by atoms with E-state index in [0.717, 1.165) is 0 Å². The molecule has 126 valence electrons. The van der Waals surface area contributed by atoms with Crippen molar-refractivity contribution < 1.29 is 14.3 Å². The van der Waals surface area contributed by atoms with Crippen LogP contribution in [0.5, 0.6) is 5.75 Å². The average Bonchev–Trinajstić information content (AvgIpc) is 2.95. The fraction of sp³-hybridized carbons (Fsp3) is 0.333. The van der Waals surface area contributed by atoms with Crippen molar-refractivity contribution in [1.82, 2.24) is 19.9 Å². The topological polar surface area (TPSA) is 103 Å². The standard InChI is InChI=1S/C15H16ClN5O3/c1-9(24-12-4-2-3-10(16)5-12)15(23)20-6-11(7-20)21-8-13(14(17)22)18-19-21/h2-5,8-9,11H,6-7H2,1H3,(H2,17,22). The number of carbonyl (C=O) groups excluding carboxylic acids is 2. The minimum atomic E-state index is -0.628. The Morgan fingerprint density at radius 3 is 2.79 bits per heavy atom. The van der Waals surface area contributed by atoms with Crippen LogP contribution in [0.1, 0.15) is 23.5 Å². The predicted octanol–water partition coefficient (Wildman–Crippen LogP) is 0.881.